The number of benzene rings is 2. The van der Waals surface area contributed by atoms with Crippen LogP contribution in [-0.2, 0) is 20.1 Å². The van der Waals surface area contributed by atoms with Gasteiger partial charge in [0.05, 0.1) is 9.79 Å². The van der Waals surface area contributed by atoms with Crippen LogP contribution >= 0.6 is 12.6 Å². The van der Waals surface area contributed by atoms with E-state index in [1.165, 1.54) is 18.2 Å². The molecule has 2 aromatic rings. The number of nitrogens with two attached hydrogens (primary N) is 1. The molecule has 19 heavy (non-hydrogen) atoms. The number of primary sulfonamides is 1. The van der Waals surface area contributed by atoms with Gasteiger partial charge in [0.25, 0.3) is 10.1 Å². The summed E-state index contributed by atoms with van der Waals surface area (Å²) in [7, 11) is -8.68. The second-order valence-corrected chi connectivity index (χ2v) is 7.25. The second kappa shape index (κ2) is 4.39. The molecule has 6 nitrogen and oxygen atoms in total. The van der Waals surface area contributed by atoms with Crippen LogP contribution in [0.15, 0.2) is 45.0 Å². The van der Waals surface area contributed by atoms with E-state index >= 15 is 0 Å². The minimum Gasteiger partial charge on any atom is -0.282 e. The van der Waals surface area contributed by atoms with Gasteiger partial charge in [0, 0.05) is 10.3 Å². The van der Waals surface area contributed by atoms with Crippen molar-refractivity contribution in [1.82, 2.24) is 0 Å². The van der Waals surface area contributed by atoms with Crippen LogP contribution in [0.1, 0.15) is 0 Å². The Labute approximate surface area is 115 Å². The lowest BCUT2D eigenvalue weighted by Gasteiger charge is -2.07. The Morgan fingerprint density at radius 2 is 1.68 bits per heavy atom. The molecule has 0 heterocycles. The molecule has 0 saturated carbocycles. The van der Waals surface area contributed by atoms with E-state index in [-0.39, 0.29) is 15.7 Å². The van der Waals surface area contributed by atoms with Crippen LogP contribution in [0, 0.1) is 0 Å². The van der Waals surface area contributed by atoms with E-state index in [1.54, 1.807) is 0 Å². The Morgan fingerprint density at radius 3 is 2.21 bits per heavy atom. The van der Waals surface area contributed by atoms with Gasteiger partial charge in [-0.15, -0.1) is 0 Å². The number of hydrogen-bond donors (Lipinski definition) is 2. The molecule has 0 amide bonds. The number of hydrogen-bond acceptors (Lipinski definition) is 4. The predicted molar refractivity (Wildman–Crippen MR) is 71.0 cm³/mol. The lowest BCUT2D eigenvalue weighted by atomic mass is 10.1. The van der Waals surface area contributed by atoms with Crippen LogP contribution < -0.4 is 5.14 Å². The highest BCUT2D eigenvalue weighted by Gasteiger charge is 2.19. The smallest absolute Gasteiger partial charge is 0.282 e. The van der Waals surface area contributed by atoms with Crippen molar-refractivity contribution in [2.75, 3.05) is 0 Å². The van der Waals surface area contributed by atoms with Crippen molar-refractivity contribution < 1.29 is 21.4 Å². The topological polar surface area (TPSA) is 115 Å². The van der Waals surface area contributed by atoms with Gasteiger partial charge in [0.2, 0.25) is 10.0 Å². The van der Waals surface area contributed by atoms with Crippen LogP contribution in [0.3, 0.4) is 0 Å². The summed E-state index contributed by atoms with van der Waals surface area (Å²) >= 11 is 4.92. The van der Waals surface area contributed by atoms with Gasteiger partial charge in [-0.3, -0.25) is 4.55 Å². The van der Waals surface area contributed by atoms with Gasteiger partial charge >= 0.3 is 0 Å². The van der Waals surface area contributed by atoms with Crippen LogP contribution in [0.4, 0.5) is 0 Å². The minimum atomic E-state index is -4.54. The van der Waals surface area contributed by atoms with Gasteiger partial charge in [-0.1, -0.05) is 18.7 Å². The normalized spacial score (nSPS) is 12.7. The molecule has 101 valence electrons. The first kappa shape index (κ1) is 14.2. The summed E-state index contributed by atoms with van der Waals surface area (Å²) in [4.78, 5) is -0.530. The summed E-state index contributed by atoms with van der Waals surface area (Å²) in [5.74, 6) is 0. The summed E-state index contributed by atoms with van der Waals surface area (Å²) < 4.78 is 54.3. The standard InChI is InChI=1S/C10H8NO5S3/c11-18(12,13)10-5-8(19(14,15)16)4-6-3-7(17)1-2-9(6)10/h1-5H,(H2,11,12,13)(H,14,15,16). The predicted octanol–water partition coefficient (Wildman–Crippen LogP) is 1.29. The van der Waals surface area contributed by atoms with Crippen molar-refractivity contribution in [3.63, 3.8) is 0 Å². The fourth-order valence-electron chi connectivity index (χ4n) is 1.67. The molecule has 0 aliphatic carbocycles. The molecule has 0 aliphatic rings. The highest BCUT2D eigenvalue weighted by Crippen LogP contribution is 2.28. The molecule has 0 spiro atoms. The summed E-state index contributed by atoms with van der Waals surface area (Å²) in [6.07, 6.45) is 0. The molecule has 0 unspecified atom stereocenters. The number of sulfonamides is 1. The first-order valence-electron chi connectivity index (χ1n) is 4.84. The van der Waals surface area contributed by atoms with Gasteiger partial charge in [0.1, 0.15) is 0 Å². The Morgan fingerprint density at radius 1 is 1.05 bits per heavy atom. The van der Waals surface area contributed by atoms with Crippen LogP contribution in [-0.4, -0.2) is 21.4 Å². The number of rotatable bonds is 2. The third kappa shape index (κ3) is 2.85. The van der Waals surface area contributed by atoms with Gasteiger partial charge in [-0.05, 0) is 29.7 Å². The minimum absolute atomic E-state index is 0.239. The van der Waals surface area contributed by atoms with Gasteiger partial charge < -0.3 is 0 Å². The molecule has 1 radical (unpaired) electrons. The maximum Gasteiger partial charge on any atom is 0.294 e. The zero-order valence-corrected chi connectivity index (χ0v) is 11.7. The molecule has 0 aromatic heterocycles. The average molecular weight is 318 g/mol. The summed E-state index contributed by atoms with van der Waals surface area (Å²) in [5, 5.41) is 5.55. The fourth-order valence-corrected chi connectivity index (χ4v) is 3.27. The molecule has 0 bridgehead atoms. The van der Waals surface area contributed by atoms with Crippen LogP contribution in [0.5, 0.6) is 0 Å². The molecule has 2 rings (SSSR count). The Bertz CT molecular complexity index is 871. The van der Waals surface area contributed by atoms with Crippen LogP contribution in [0.2, 0.25) is 0 Å². The Kier molecular flexibility index (Phi) is 3.27. The van der Waals surface area contributed by atoms with Crippen molar-refractivity contribution >= 4 is 43.5 Å². The van der Waals surface area contributed by atoms with Crippen molar-refractivity contribution in [3.05, 3.63) is 30.3 Å². The number of fused-ring (bicyclic) bond motifs is 1. The van der Waals surface area contributed by atoms with Gasteiger partial charge in [-0.25, -0.2) is 13.6 Å². The van der Waals surface area contributed by atoms with Crippen molar-refractivity contribution in [2.24, 2.45) is 5.14 Å². The molecule has 3 N–H and O–H groups in total. The van der Waals surface area contributed by atoms with E-state index in [9.17, 15) is 16.8 Å². The van der Waals surface area contributed by atoms with Crippen LogP contribution in [0.25, 0.3) is 10.8 Å². The molecule has 0 atom stereocenters. The first-order valence-corrected chi connectivity index (χ1v) is 8.23. The van der Waals surface area contributed by atoms with Gasteiger partial charge in [0.15, 0.2) is 0 Å². The molecule has 0 aliphatic heterocycles. The third-order valence-electron chi connectivity index (χ3n) is 2.46. The highest BCUT2D eigenvalue weighted by atomic mass is 32.2. The Hall–Kier alpha value is -1.26. The zero-order valence-electron chi connectivity index (χ0n) is 9.27. The van der Waals surface area contributed by atoms with Gasteiger partial charge in [-0.2, -0.15) is 8.42 Å². The molecular formula is C10H8NO5S3. The molecule has 2 aromatic carbocycles. The molecular weight excluding hydrogens is 310 g/mol. The summed E-state index contributed by atoms with van der Waals surface area (Å²) in [6.45, 7) is 0. The maximum atomic E-state index is 11.5. The zero-order chi connectivity index (χ0) is 14.4. The van der Waals surface area contributed by atoms with E-state index in [0.717, 1.165) is 12.1 Å². The fraction of sp³-hybridized carbons (Fsp3) is 0. The highest BCUT2D eigenvalue weighted by molar-refractivity contribution is 7.89. The Balaban J connectivity index is 3.01. The van der Waals surface area contributed by atoms with E-state index in [2.05, 4.69) is 0 Å². The lowest BCUT2D eigenvalue weighted by molar-refractivity contribution is 0.483. The largest absolute Gasteiger partial charge is 0.294 e. The maximum absolute atomic E-state index is 11.5. The van der Waals surface area contributed by atoms with Crippen molar-refractivity contribution in [2.45, 2.75) is 14.7 Å². The van der Waals surface area contributed by atoms with E-state index in [4.69, 9.17) is 22.3 Å². The van der Waals surface area contributed by atoms with E-state index < -0.39 is 25.0 Å². The van der Waals surface area contributed by atoms with Crippen molar-refractivity contribution in [3.8, 4) is 0 Å². The average Bonchev–Trinajstić information content (AvgIpc) is 2.24. The quantitative estimate of drug-likeness (QED) is 0.810. The first-order chi connectivity index (χ1) is 8.59. The lowest BCUT2D eigenvalue weighted by Crippen LogP contribution is -2.13. The molecule has 0 fully saturated rings. The summed E-state index contributed by atoms with van der Waals surface area (Å²) in [6, 6.07) is 6.31. The summed E-state index contributed by atoms with van der Waals surface area (Å²) in [5.41, 5.74) is 0. The SMILES string of the molecule is NS(=O)(=O)c1cc(S(=O)(=O)O)cc2cc([S])ccc12. The molecule has 0 saturated heterocycles. The second-order valence-electron chi connectivity index (χ2n) is 3.82. The monoisotopic (exact) mass is 318 g/mol. The van der Waals surface area contributed by atoms with E-state index in [0.29, 0.717) is 4.90 Å². The van der Waals surface area contributed by atoms with E-state index in [1.807, 2.05) is 0 Å². The molecule has 9 heteroatoms. The third-order valence-corrected chi connectivity index (χ3v) is 4.50. The van der Waals surface area contributed by atoms with Crippen molar-refractivity contribution in [1.29, 1.82) is 0 Å².